The molecule has 0 aromatic heterocycles. The second-order valence-corrected chi connectivity index (χ2v) is 5.91. The highest BCUT2D eigenvalue weighted by molar-refractivity contribution is 5.85. The minimum atomic E-state index is -0.223. The lowest BCUT2D eigenvalue weighted by Gasteiger charge is -2.27. The van der Waals surface area contributed by atoms with E-state index in [2.05, 4.69) is 19.2 Å². The molecule has 1 fully saturated rings. The summed E-state index contributed by atoms with van der Waals surface area (Å²) >= 11 is 0. The van der Waals surface area contributed by atoms with Crippen LogP contribution < -0.4 is 11.1 Å². The van der Waals surface area contributed by atoms with Gasteiger partial charge in [0.25, 0.3) is 0 Å². The molecule has 1 saturated carbocycles. The summed E-state index contributed by atoms with van der Waals surface area (Å²) in [5, 5.41) is 3.03. The molecule has 0 unspecified atom stereocenters. The van der Waals surface area contributed by atoms with Crippen molar-refractivity contribution in [2.75, 3.05) is 6.54 Å². The number of carbonyl (C=O) groups is 1. The van der Waals surface area contributed by atoms with Crippen LogP contribution in [-0.2, 0) is 4.79 Å². The molecule has 0 spiro atoms. The summed E-state index contributed by atoms with van der Waals surface area (Å²) in [6.07, 6.45) is 10.2. The first-order valence-electron chi connectivity index (χ1n) is 7.65. The van der Waals surface area contributed by atoms with Gasteiger partial charge < -0.3 is 11.1 Å². The van der Waals surface area contributed by atoms with Crippen LogP contribution in [-0.4, -0.2) is 18.0 Å². The molecule has 0 atom stereocenters. The van der Waals surface area contributed by atoms with Crippen molar-refractivity contribution in [3.8, 4) is 0 Å². The van der Waals surface area contributed by atoms with Gasteiger partial charge in [0, 0.05) is 18.5 Å². The first-order valence-corrected chi connectivity index (χ1v) is 7.65. The molecule has 1 amide bonds. The Morgan fingerprint density at radius 1 is 1.16 bits per heavy atom. The Balaban J connectivity index is 0.00000324. The molecule has 3 nitrogen and oxygen atoms in total. The predicted octanol–water partition coefficient (Wildman–Crippen LogP) is 3.40. The van der Waals surface area contributed by atoms with Crippen LogP contribution >= 0.6 is 12.4 Å². The fraction of sp³-hybridized carbons (Fsp3) is 0.933. The van der Waals surface area contributed by atoms with Gasteiger partial charge in [0.2, 0.25) is 5.91 Å². The summed E-state index contributed by atoms with van der Waals surface area (Å²) in [7, 11) is 0. The Morgan fingerprint density at radius 3 is 2.16 bits per heavy atom. The topological polar surface area (TPSA) is 55.1 Å². The number of halogens is 1. The van der Waals surface area contributed by atoms with E-state index >= 15 is 0 Å². The van der Waals surface area contributed by atoms with Gasteiger partial charge in [-0.2, -0.15) is 0 Å². The molecule has 0 bridgehead atoms. The van der Waals surface area contributed by atoms with E-state index in [1.165, 1.54) is 38.5 Å². The summed E-state index contributed by atoms with van der Waals surface area (Å²) in [6.45, 7) is 4.79. The van der Waals surface area contributed by atoms with E-state index in [0.717, 1.165) is 12.8 Å². The van der Waals surface area contributed by atoms with Gasteiger partial charge in [-0.25, -0.2) is 0 Å². The fourth-order valence-corrected chi connectivity index (χ4v) is 2.68. The minimum Gasteiger partial charge on any atom is -0.354 e. The molecule has 0 saturated heterocycles. The molecule has 3 N–H and O–H groups in total. The Labute approximate surface area is 124 Å². The maximum absolute atomic E-state index is 11.9. The molecular formula is C15H31ClN2O. The van der Waals surface area contributed by atoms with Crippen molar-refractivity contribution in [2.24, 2.45) is 11.7 Å². The molecule has 0 aliphatic heterocycles. The van der Waals surface area contributed by atoms with Crippen LogP contribution in [0.4, 0.5) is 0 Å². The van der Waals surface area contributed by atoms with E-state index in [-0.39, 0.29) is 23.9 Å². The van der Waals surface area contributed by atoms with Gasteiger partial charge >= 0.3 is 0 Å². The van der Waals surface area contributed by atoms with E-state index in [1.54, 1.807) is 0 Å². The molecule has 0 radical (unpaired) electrons. The Kier molecular flexibility index (Phi) is 9.46. The van der Waals surface area contributed by atoms with Crippen LogP contribution in [0.5, 0.6) is 0 Å². The second-order valence-electron chi connectivity index (χ2n) is 5.91. The molecular weight excluding hydrogens is 260 g/mol. The number of carbonyl (C=O) groups excluding carboxylic acids is 1. The van der Waals surface area contributed by atoms with Crippen molar-refractivity contribution in [2.45, 2.75) is 77.2 Å². The van der Waals surface area contributed by atoms with Crippen LogP contribution in [0.25, 0.3) is 0 Å². The zero-order chi connectivity index (χ0) is 13.4. The lowest BCUT2D eigenvalue weighted by Crippen LogP contribution is -2.49. The van der Waals surface area contributed by atoms with Crippen molar-refractivity contribution >= 4 is 18.3 Å². The van der Waals surface area contributed by atoms with Crippen molar-refractivity contribution in [1.29, 1.82) is 0 Å². The molecule has 0 aromatic carbocycles. The highest BCUT2D eigenvalue weighted by Gasteiger charge is 2.22. The third-order valence-corrected chi connectivity index (χ3v) is 4.49. The van der Waals surface area contributed by atoms with Crippen molar-refractivity contribution in [1.82, 2.24) is 5.32 Å². The third-order valence-electron chi connectivity index (χ3n) is 4.49. The van der Waals surface area contributed by atoms with Gasteiger partial charge in [-0.05, 0) is 31.6 Å². The van der Waals surface area contributed by atoms with Gasteiger partial charge in [-0.3, -0.25) is 4.79 Å². The molecule has 19 heavy (non-hydrogen) atoms. The summed E-state index contributed by atoms with van der Waals surface area (Å²) in [5.41, 5.74) is 5.97. The number of amides is 1. The standard InChI is InChI=1S/C15H30N2O.ClH/c1-3-15(16,4-2)12-17-14(18)11-13-9-7-5-6-8-10-13;/h13H,3-12,16H2,1-2H3,(H,17,18);1H. The smallest absolute Gasteiger partial charge is 0.220 e. The Hall–Kier alpha value is -0.280. The number of nitrogens with one attached hydrogen (secondary N) is 1. The quantitative estimate of drug-likeness (QED) is 0.737. The number of nitrogens with two attached hydrogens (primary N) is 1. The van der Waals surface area contributed by atoms with Gasteiger partial charge in [-0.15, -0.1) is 12.4 Å². The average Bonchev–Trinajstić information content (AvgIpc) is 2.64. The number of hydrogen-bond donors (Lipinski definition) is 2. The summed E-state index contributed by atoms with van der Waals surface area (Å²) in [6, 6.07) is 0. The largest absolute Gasteiger partial charge is 0.354 e. The molecule has 0 aromatic rings. The van der Waals surface area contributed by atoms with E-state index in [4.69, 9.17) is 5.73 Å². The number of rotatable bonds is 6. The van der Waals surface area contributed by atoms with Crippen molar-refractivity contribution in [3.63, 3.8) is 0 Å². The fourth-order valence-electron chi connectivity index (χ4n) is 2.68. The van der Waals surface area contributed by atoms with Gasteiger partial charge in [0.05, 0.1) is 0 Å². The van der Waals surface area contributed by atoms with E-state index in [9.17, 15) is 4.79 Å². The van der Waals surface area contributed by atoms with Gasteiger partial charge in [0.1, 0.15) is 0 Å². The third kappa shape index (κ3) is 7.17. The van der Waals surface area contributed by atoms with Gasteiger partial charge in [-0.1, -0.05) is 39.5 Å². The van der Waals surface area contributed by atoms with Crippen LogP contribution in [0.1, 0.15) is 71.6 Å². The first kappa shape index (κ1) is 18.7. The number of hydrogen-bond acceptors (Lipinski definition) is 2. The maximum atomic E-state index is 11.9. The highest BCUT2D eigenvalue weighted by atomic mass is 35.5. The summed E-state index contributed by atoms with van der Waals surface area (Å²) < 4.78 is 0. The monoisotopic (exact) mass is 290 g/mol. The zero-order valence-electron chi connectivity index (χ0n) is 12.5. The minimum absolute atomic E-state index is 0. The maximum Gasteiger partial charge on any atom is 0.220 e. The van der Waals surface area contributed by atoms with Crippen LogP contribution in [0.2, 0.25) is 0 Å². The van der Waals surface area contributed by atoms with E-state index in [1.807, 2.05) is 0 Å². The van der Waals surface area contributed by atoms with E-state index < -0.39 is 0 Å². The Morgan fingerprint density at radius 2 is 1.68 bits per heavy atom. The zero-order valence-corrected chi connectivity index (χ0v) is 13.4. The first-order chi connectivity index (χ1) is 8.59. The molecule has 1 rings (SSSR count). The van der Waals surface area contributed by atoms with Crippen LogP contribution in [0.15, 0.2) is 0 Å². The molecule has 114 valence electrons. The molecule has 0 heterocycles. The average molecular weight is 291 g/mol. The highest BCUT2D eigenvalue weighted by Crippen LogP contribution is 2.25. The van der Waals surface area contributed by atoms with Crippen molar-refractivity contribution < 1.29 is 4.79 Å². The summed E-state index contributed by atoms with van der Waals surface area (Å²) in [5.74, 6) is 0.793. The molecule has 1 aliphatic rings. The normalized spacial score (nSPS) is 17.4. The van der Waals surface area contributed by atoms with Gasteiger partial charge in [0.15, 0.2) is 0 Å². The van der Waals surface area contributed by atoms with Crippen LogP contribution in [0, 0.1) is 5.92 Å². The predicted molar refractivity (Wildman–Crippen MR) is 83.6 cm³/mol. The lowest BCUT2D eigenvalue weighted by molar-refractivity contribution is -0.122. The SMILES string of the molecule is CCC(N)(CC)CNC(=O)CC1CCCCCC1.Cl. The second kappa shape index (κ2) is 9.60. The lowest BCUT2D eigenvalue weighted by atomic mass is 9.93. The molecule has 4 heteroatoms. The van der Waals surface area contributed by atoms with E-state index in [0.29, 0.717) is 18.9 Å². The molecule has 1 aliphatic carbocycles. The Bertz CT molecular complexity index is 247. The summed E-state index contributed by atoms with van der Waals surface area (Å²) in [4.78, 5) is 11.9. The van der Waals surface area contributed by atoms with Crippen LogP contribution in [0.3, 0.4) is 0 Å². The van der Waals surface area contributed by atoms with Crippen molar-refractivity contribution in [3.05, 3.63) is 0 Å².